The first kappa shape index (κ1) is 18.5. The average molecular weight is 379 g/mol. The summed E-state index contributed by atoms with van der Waals surface area (Å²) in [5.41, 5.74) is 3.27. The minimum atomic E-state index is -1.05. The quantitative estimate of drug-likeness (QED) is 0.658. The van der Waals surface area contributed by atoms with Crippen molar-refractivity contribution in [3.63, 3.8) is 0 Å². The number of Topliss-reactive ketones (excluding diaryl/α,β-unsaturated/α-hetero) is 1. The molecule has 1 saturated heterocycles. The number of aryl methyl sites for hydroxylation is 2. The van der Waals surface area contributed by atoms with Gasteiger partial charge in [-0.1, -0.05) is 24.3 Å². The number of urea groups is 1. The van der Waals surface area contributed by atoms with Crippen LogP contribution < -0.4 is 5.32 Å². The molecular formula is C22H25N3O3. The molecule has 28 heavy (non-hydrogen) atoms. The van der Waals surface area contributed by atoms with E-state index in [2.05, 4.69) is 5.32 Å². The summed E-state index contributed by atoms with van der Waals surface area (Å²) in [6, 6.07) is 9.13. The molecule has 1 N–H and O–H groups in total. The van der Waals surface area contributed by atoms with Crippen molar-refractivity contribution in [2.45, 2.75) is 45.1 Å². The standard InChI is InChI=1S/C22H25N3O3/c1-14-12-17(15(2)24(14)3)19(26)13-25-20(27)22(23-21(25)28)11-7-6-9-16-8-4-5-10-18(16)22/h4-5,8,10,12H,6-7,9,11,13H2,1-3H3,(H,23,28). The van der Waals surface area contributed by atoms with Gasteiger partial charge in [-0.2, -0.15) is 0 Å². The number of fused-ring (bicyclic) bond motifs is 2. The molecular weight excluding hydrogens is 354 g/mol. The van der Waals surface area contributed by atoms with Gasteiger partial charge in [-0.3, -0.25) is 14.5 Å². The summed E-state index contributed by atoms with van der Waals surface area (Å²) in [7, 11) is 1.90. The molecule has 1 unspecified atom stereocenters. The number of imide groups is 1. The van der Waals surface area contributed by atoms with E-state index in [0.717, 1.165) is 46.7 Å². The lowest BCUT2D eigenvalue weighted by molar-refractivity contribution is -0.131. The molecule has 6 heteroatoms. The van der Waals surface area contributed by atoms with Crippen molar-refractivity contribution in [3.8, 4) is 0 Å². The van der Waals surface area contributed by atoms with Crippen LogP contribution >= 0.6 is 0 Å². The first-order valence-corrected chi connectivity index (χ1v) is 9.74. The molecule has 3 amide bonds. The fraction of sp³-hybridized carbons (Fsp3) is 0.409. The Morgan fingerprint density at radius 3 is 2.64 bits per heavy atom. The Balaban J connectivity index is 1.66. The number of benzene rings is 1. The number of carbonyl (C=O) groups is 3. The Morgan fingerprint density at radius 1 is 1.18 bits per heavy atom. The Morgan fingerprint density at radius 2 is 1.93 bits per heavy atom. The predicted molar refractivity (Wildman–Crippen MR) is 105 cm³/mol. The molecule has 1 aromatic carbocycles. The Labute approximate surface area is 164 Å². The van der Waals surface area contributed by atoms with Gasteiger partial charge in [-0.05, 0) is 56.7 Å². The maximum Gasteiger partial charge on any atom is 0.325 e. The maximum absolute atomic E-state index is 13.4. The van der Waals surface area contributed by atoms with E-state index in [4.69, 9.17) is 0 Å². The number of aromatic nitrogens is 1. The van der Waals surface area contributed by atoms with Gasteiger partial charge < -0.3 is 9.88 Å². The molecule has 0 radical (unpaired) electrons. The van der Waals surface area contributed by atoms with Crippen molar-refractivity contribution < 1.29 is 14.4 Å². The van der Waals surface area contributed by atoms with Gasteiger partial charge in [0, 0.05) is 24.0 Å². The third kappa shape index (κ3) is 2.66. The monoisotopic (exact) mass is 379 g/mol. The Bertz CT molecular complexity index is 991. The fourth-order valence-electron chi connectivity index (χ4n) is 4.48. The van der Waals surface area contributed by atoms with Crippen LogP contribution in [0.3, 0.4) is 0 Å². The molecule has 146 valence electrons. The van der Waals surface area contributed by atoms with Crippen molar-refractivity contribution in [1.82, 2.24) is 14.8 Å². The van der Waals surface area contributed by atoms with E-state index in [1.807, 2.05) is 55.8 Å². The highest BCUT2D eigenvalue weighted by Crippen LogP contribution is 2.39. The average Bonchev–Trinajstić information content (AvgIpc) is 2.98. The van der Waals surface area contributed by atoms with Crippen LogP contribution in [-0.4, -0.2) is 33.7 Å². The molecule has 2 aromatic rings. The van der Waals surface area contributed by atoms with Crippen LogP contribution in [-0.2, 0) is 23.8 Å². The number of nitrogens with zero attached hydrogens (tertiary/aromatic N) is 2. The van der Waals surface area contributed by atoms with Crippen LogP contribution in [0.2, 0.25) is 0 Å². The summed E-state index contributed by atoms with van der Waals surface area (Å²) in [5.74, 6) is -0.533. The molecule has 1 aliphatic heterocycles. The van der Waals surface area contributed by atoms with Gasteiger partial charge in [0.2, 0.25) is 0 Å². The Hall–Kier alpha value is -2.89. The number of hydrogen-bond acceptors (Lipinski definition) is 3. The summed E-state index contributed by atoms with van der Waals surface area (Å²) in [6.07, 6.45) is 3.27. The highest BCUT2D eigenvalue weighted by Gasteiger charge is 2.53. The molecule has 0 saturated carbocycles. The highest BCUT2D eigenvalue weighted by molar-refractivity contribution is 6.11. The first-order chi connectivity index (χ1) is 13.3. The van der Waals surface area contributed by atoms with E-state index in [1.54, 1.807) is 0 Å². The minimum absolute atomic E-state index is 0.219. The van der Waals surface area contributed by atoms with E-state index in [1.165, 1.54) is 0 Å². The molecule has 1 spiro atoms. The third-order valence-electron chi connectivity index (χ3n) is 6.28. The number of nitrogens with one attached hydrogen (secondary N) is 1. The topological polar surface area (TPSA) is 71.4 Å². The predicted octanol–water partition coefficient (Wildman–Crippen LogP) is 3.00. The second-order valence-corrected chi connectivity index (χ2v) is 7.86. The lowest BCUT2D eigenvalue weighted by Crippen LogP contribution is -2.44. The van der Waals surface area contributed by atoms with Crippen LogP contribution in [0.1, 0.15) is 52.1 Å². The van der Waals surface area contributed by atoms with Crippen molar-refractivity contribution in [2.24, 2.45) is 7.05 Å². The largest absolute Gasteiger partial charge is 0.351 e. The van der Waals surface area contributed by atoms with Crippen LogP contribution in [0.5, 0.6) is 0 Å². The van der Waals surface area contributed by atoms with E-state index < -0.39 is 11.6 Å². The van der Waals surface area contributed by atoms with Crippen LogP contribution in [0.25, 0.3) is 0 Å². The molecule has 6 nitrogen and oxygen atoms in total. The highest BCUT2D eigenvalue weighted by atomic mass is 16.2. The molecule has 1 atom stereocenters. The number of amides is 3. The van der Waals surface area contributed by atoms with Gasteiger partial charge in [0.1, 0.15) is 5.54 Å². The second-order valence-electron chi connectivity index (χ2n) is 7.86. The fourth-order valence-corrected chi connectivity index (χ4v) is 4.48. The normalized spacial score (nSPS) is 21.6. The molecule has 1 fully saturated rings. The second kappa shape index (κ2) is 6.62. The summed E-state index contributed by atoms with van der Waals surface area (Å²) in [4.78, 5) is 40.1. The van der Waals surface area contributed by atoms with E-state index >= 15 is 0 Å². The first-order valence-electron chi connectivity index (χ1n) is 9.74. The molecule has 0 bridgehead atoms. The van der Waals surface area contributed by atoms with Crippen LogP contribution in [0.4, 0.5) is 4.79 Å². The minimum Gasteiger partial charge on any atom is -0.351 e. The number of rotatable bonds is 3. The molecule has 4 rings (SSSR count). The van der Waals surface area contributed by atoms with E-state index in [-0.39, 0.29) is 18.2 Å². The smallest absolute Gasteiger partial charge is 0.325 e. The summed E-state index contributed by atoms with van der Waals surface area (Å²) >= 11 is 0. The summed E-state index contributed by atoms with van der Waals surface area (Å²) < 4.78 is 1.93. The van der Waals surface area contributed by atoms with Crippen molar-refractivity contribution >= 4 is 17.7 Å². The van der Waals surface area contributed by atoms with Gasteiger partial charge in [0.05, 0.1) is 6.54 Å². The zero-order valence-corrected chi connectivity index (χ0v) is 16.5. The Kier molecular flexibility index (Phi) is 4.37. The van der Waals surface area contributed by atoms with E-state index in [9.17, 15) is 14.4 Å². The summed E-state index contributed by atoms with van der Waals surface area (Å²) in [5, 5.41) is 2.93. The van der Waals surface area contributed by atoms with Gasteiger partial charge >= 0.3 is 6.03 Å². The van der Waals surface area contributed by atoms with Crippen molar-refractivity contribution in [2.75, 3.05) is 6.54 Å². The molecule has 2 heterocycles. The maximum atomic E-state index is 13.4. The van der Waals surface area contributed by atoms with Crippen molar-refractivity contribution in [1.29, 1.82) is 0 Å². The van der Waals surface area contributed by atoms with Crippen LogP contribution in [0.15, 0.2) is 30.3 Å². The number of carbonyl (C=O) groups excluding carboxylic acids is 3. The molecule has 1 aliphatic carbocycles. The third-order valence-corrected chi connectivity index (χ3v) is 6.28. The van der Waals surface area contributed by atoms with Gasteiger partial charge in [-0.15, -0.1) is 0 Å². The lowest BCUT2D eigenvalue weighted by atomic mass is 9.84. The summed E-state index contributed by atoms with van der Waals surface area (Å²) in [6.45, 7) is 3.56. The van der Waals surface area contributed by atoms with Gasteiger partial charge in [-0.25, -0.2) is 4.79 Å². The number of hydrogen-bond donors (Lipinski definition) is 1. The SMILES string of the molecule is Cc1cc(C(=O)CN2C(=O)NC3(CCCCc4ccccc43)C2=O)c(C)n1C. The van der Waals surface area contributed by atoms with Crippen LogP contribution in [0, 0.1) is 13.8 Å². The number of ketones is 1. The molecule has 2 aliphatic rings. The molecule has 1 aromatic heterocycles. The van der Waals surface area contributed by atoms with Gasteiger partial charge in [0.25, 0.3) is 5.91 Å². The zero-order valence-electron chi connectivity index (χ0n) is 16.5. The zero-order chi connectivity index (χ0) is 20.1. The van der Waals surface area contributed by atoms with E-state index in [0.29, 0.717) is 12.0 Å². The lowest BCUT2D eigenvalue weighted by Gasteiger charge is -2.27. The van der Waals surface area contributed by atoms with Gasteiger partial charge in [0.15, 0.2) is 5.78 Å². The van der Waals surface area contributed by atoms with Crippen molar-refractivity contribution in [3.05, 3.63) is 58.4 Å².